The molecule has 1 saturated carbocycles. The Morgan fingerprint density at radius 3 is 2.52 bits per heavy atom. The number of hydrogen-bond donors (Lipinski definition) is 2. The van der Waals surface area contributed by atoms with Gasteiger partial charge in [-0.3, -0.25) is 9.59 Å². The third-order valence-corrected chi connectivity index (χ3v) is 9.66. The number of fused-ring (bicyclic) bond motifs is 1. The molecule has 42 heavy (non-hydrogen) atoms. The molecule has 2 saturated heterocycles. The average molecular weight is 607 g/mol. The number of amides is 1. The summed E-state index contributed by atoms with van der Waals surface area (Å²) in [6.07, 6.45) is 0.334. The van der Waals surface area contributed by atoms with E-state index < -0.39 is 17.6 Å². The van der Waals surface area contributed by atoms with Crippen molar-refractivity contribution >= 4 is 47.0 Å². The number of carbonyl (C=O) groups excluding carboxylic acids is 2. The lowest BCUT2D eigenvalue weighted by molar-refractivity contribution is -0.139. The molecule has 5 rings (SSSR count). The number of carbonyl (C=O) groups is 2. The highest BCUT2D eigenvalue weighted by atomic mass is 32.2. The van der Waals surface area contributed by atoms with Crippen LogP contribution in [-0.2, 0) is 9.53 Å². The fraction of sp³-hybridized carbons (Fsp3) is 0.586. The largest absolute Gasteiger partial charge is 0.465 e. The minimum absolute atomic E-state index is 0.0404. The highest BCUT2D eigenvalue weighted by Gasteiger charge is 2.60. The highest BCUT2D eigenvalue weighted by Crippen LogP contribution is 2.63. The van der Waals surface area contributed by atoms with Crippen molar-refractivity contribution < 1.29 is 27.5 Å². The number of aromatic nitrogens is 2. The van der Waals surface area contributed by atoms with Crippen molar-refractivity contribution in [3.63, 3.8) is 0 Å². The third-order valence-electron chi connectivity index (χ3n) is 8.90. The molecule has 3 aliphatic rings. The van der Waals surface area contributed by atoms with Crippen LogP contribution in [0.25, 0.3) is 0 Å². The first-order valence-corrected chi connectivity index (χ1v) is 15.3. The second-order valence-electron chi connectivity index (χ2n) is 11.6. The van der Waals surface area contributed by atoms with Gasteiger partial charge in [0.25, 0.3) is 11.8 Å². The van der Waals surface area contributed by atoms with E-state index in [1.165, 1.54) is 6.07 Å². The van der Waals surface area contributed by atoms with Crippen LogP contribution >= 0.6 is 11.9 Å². The van der Waals surface area contributed by atoms with Crippen LogP contribution in [0.3, 0.4) is 0 Å². The SMILES string of the molecule is CCOC(=O)CSNc1cc(F)c(C(=O)Nc2cc(C)nc(N3CCC(F)(F)CC3)n2)c(N2CC[C@@]3(C)C(C)C3C2)c1. The van der Waals surface area contributed by atoms with Gasteiger partial charge in [-0.25, -0.2) is 18.2 Å². The van der Waals surface area contributed by atoms with Crippen LogP contribution in [0.2, 0.25) is 0 Å². The van der Waals surface area contributed by atoms with Crippen molar-refractivity contribution in [1.29, 1.82) is 0 Å². The molecule has 3 atom stereocenters. The maximum absolute atomic E-state index is 15.8. The standard InChI is InChI=1S/C29H37F3N6O3S/c1-5-41-24(39)16-42-36-19-13-21(30)25(22(14-19)38-9-6-28(4)18(3)20(28)15-38)26(40)34-23-12-17(2)33-27(35-23)37-10-7-29(31,32)8-11-37/h12-14,18,20,36H,5-11,15-16H2,1-4H3,(H,33,34,35,40)/t18?,20?,28-/m0/s1. The van der Waals surface area contributed by atoms with Gasteiger partial charge in [0.2, 0.25) is 5.95 Å². The number of nitrogens with zero attached hydrogens (tertiary/aromatic N) is 4. The summed E-state index contributed by atoms with van der Waals surface area (Å²) < 4.78 is 51.1. The van der Waals surface area contributed by atoms with Gasteiger partial charge in [0.15, 0.2) is 0 Å². The van der Waals surface area contributed by atoms with Crippen LogP contribution < -0.4 is 19.8 Å². The fourth-order valence-electron chi connectivity index (χ4n) is 6.09. The minimum Gasteiger partial charge on any atom is -0.465 e. The summed E-state index contributed by atoms with van der Waals surface area (Å²) >= 11 is 1.08. The van der Waals surface area contributed by atoms with Gasteiger partial charge in [-0.2, -0.15) is 4.98 Å². The number of aryl methyl sites for hydroxylation is 1. The van der Waals surface area contributed by atoms with Gasteiger partial charge in [-0.15, -0.1) is 0 Å². The van der Waals surface area contributed by atoms with Crippen molar-refractivity contribution in [2.24, 2.45) is 17.3 Å². The Bertz CT molecular complexity index is 1350. The number of ether oxygens (including phenoxy) is 1. The van der Waals surface area contributed by atoms with E-state index in [4.69, 9.17) is 4.74 Å². The smallest absolute Gasteiger partial charge is 0.317 e. The predicted octanol–water partition coefficient (Wildman–Crippen LogP) is 5.52. The number of piperidine rings is 2. The zero-order valence-electron chi connectivity index (χ0n) is 24.3. The molecule has 1 aromatic carbocycles. The lowest BCUT2D eigenvalue weighted by Gasteiger charge is -2.33. The predicted molar refractivity (Wildman–Crippen MR) is 158 cm³/mol. The number of halogens is 3. The summed E-state index contributed by atoms with van der Waals surface area (Å²) in [5.41, 5.74) is 1.58. The van der Waals surface area contributed by atoms with Crippen LogP contribution in [-0.4, -0.2) is 66.3 Å². The zero-order valence-corrected chi connectivity index (χ0v) is 25.1. The van der Waals surface area contributed by atoms with Crippen LogP contribution in [0, 0.1) is 30.0 Å². The summed E-state index contributed by atoms with van der Waals surface area (Å²) in [7, 11) is 0. The van der Waals surface area contributed by atoms with Gasteiger partial charge >= 0.3 is 5.97 Å². The summed E-state index contributed by atoms with van der Waals surface area (Å²) in [6, 6.07) is 4.53. The molecule has 0 radical (unpaired) electrons. The molecule has 2 aromatic rings. The Hall–Kier alpha value is -3.22. The normalized spacial score (nSPS) is 24.5. The van der Waals surface area contributed by atoms with Crippen LogP contribution in [0.4, 0.5) is 36.3 Å². The van der Waals surface area contributed by atoms with E-state index >= 15 is 4.39 Å². The van der Waals surface area contributed by atoms with E-state index in [9.17, 15) is 18.4 Å². The number of esters is 1. The first kappa shape index (κ1) is 30.2. The van der Waals surface area contributed by atoms with Gasteiger partial charge in [0, 0.05) is 56.5 Å². The maximum atomic E-state index is 15.8. The first-order chi connectivity index (χ1) is 19.9. The third kappa shape index (κ3) is 6.40. The van der Waals surface area contributed by atoms with Crippen molar-refractivity contribution in [1.82, 2.24) is 9.97 Å². The topological polar surface area (TPSA) is 99.7 Å². The van der Waals surface area contributed by atoms with Gasteiger partial charge in [0.05, 0.1) is 17.9 Å². The number of hydrogen-bond acceptors (Lipinski definition) is 9. The molecular formula is C29H37F3N6O3S. The molecule has 2 unspecified atom stereocenters. The number of benzene rings is 1. The number of nitrogens with one attached hydrogen (secondary N) is 2. The zero-order chi connectivity index (χ0) is 30.2. The Kier molecular flexibility index (Phi) is 8.51. The molecule has 1 amide bonds. The van der Waals surface area contributed by atoms with Crippen molar-refractivity contribution in [2.45, 2.75) is 52.9 Å². The van der Waals surface area contributed by atoms with Crippen molar-refractivity contribution in [3.05, 3.63) is 35.3 Å². The quantitative estimate of drug-likeness (QED) is 0.283. The highest BCUT2D eigenvalue weighted by molar-refractivity contribution is 8.01. The van der Waals surface area contributed by atoms with Crippen molar-refractivity contribution in [3.8, 4) is 0 Å². The molecule has 3 heterocycles. The molecule has 2 N–H and O–H groups in total. The van der Waals surface area contributed by atoms with Crippen molar-refractivity contribution in [2.75, 3.05) is 58.4 Å². The molecule has 13 heteroatoms. The van der Waals surface area contributed by atoms with E-state index in [0.29, 0.717) is 42.0 Å². The molecular weight excluding hydrogens is 569 g/mol. The Morgan fingerprint density at radius 2 is 1.83 bits per heavy atom. The molecule has 228 valence electrons. The van der Waals surface area contributed by atoms with Gasteiger partial charge in [-0.1, -0.05) is 13.8 Å². The average Bonchev–Trinajstić information content (AvgIpc) is 3.47. The molecule has 3 fully saturated rings. The molecule has 1 aliphatic carbocycles. The number of anilines is 4. The van der Waals surface area contributed by atoms with Gasteiger partial charge < -0.3 is 24.6 Å². The molecule has 0 bridgehead atoms. The summed E-state index contributed by atoms with van der Waals surface area (Å²) in [5.74, 6) is -3.04. The van der Waals surface area contributed by atoms with Crippen LogP contribution in [0.1, 0.15) is 56.1 Å². The van der Waals surface area contributed by atoms with Crippen LogP contribution in [0.5, 0.6) is 0 Å². The summed E-state index contributed by atoms with van der Waals surface area (Å²) in [5, 5.41) is 2.73. The van der Waals surface area contributed by atoms with E-state index in [0.717, 1.165) is 18.4 Å². The monoisotopic (exact) mass is 606 g/mol. The van der Waals surface area contributed by atoms with Crippen LogP contribution in [0.15, 0.2) is 18.2 Å². The fourth-order valence-corrected chi connectivity index (χ4v) is 6.65. The summed E-state index contributed by atoms with van der Waals surface area (Å²) in [4.78, 5) is 37.9. The molecule has 9 nitrogen and oxygen atoms in total. The Balaban J connectivity index is 1.39. The summed E-state index contributed by atoms with van der Waals surface area (Å²) in [6.45, 7) is 9.79. The Labute approximate surface area is 248 Å². The van der Waals surface area contributed by atoms with E-state index in [1.807, 2.05) is 0 Å². The minimum atomic E-state index is -2.71. The van der Waals surface area contributed by atoms with E-state index in [-0.39, 0.29) is 67.0 Å². The first-order valence-electron chi connectivity index (χ1n) is 14.3. The molecule has 0 spiro atoms. The molecule has 1 aromatic heterocycles. The lowest BCUT2D eigenvalue weighted by atomic mass is 9.95. The number of rotatable bonds is 9. The van der Waals surface area contributed by atoms with Gasteiger partial charge in [0.1, 0.15) is 17.4 Å². The van der Waals surface area contributed by atoms with Gasteiger partial charge in [-0.05, 0) is 61.6 Å². The second kappa shape index (κ2) is 11.8. The molecule has 2 aliphatic heterocycles. The number of alkyl halides is 2. The second-order valence-corrected chi connectivity index (χ2v) is 12.4. The maximum Gasteiger partial charge on any atom is 0.317 e. The Morgan fingerprint density at radius 1 is 1.12 bits per heavy atom. The lowest BCUT2D eigenvalue weighted by Crippen LogP contribution is -2.40. The van der Waals surface area contributed by atoms with E-state index in [2.05, 4.69) is 38.8 Å². The van der Waals surface area contributed by atoms with E-state index in [1.54, 1.807) is 30.9 Å².